The van der Waals surface area contributed by atoms with Gasteiger partial charge in [0, 0.05) is 19.3 Å². The Balaban J connectivity index is 4.31. The normalized spacial score (nSPS) is 12.4. The lowest BCUT2D eigenvalue weighted by atomic mass is 10.0. The summed E-state index contributed by atoms with van der Waals surface area (Å²) >= 11 is 0. The van der Waals surface area contributed by atoms with E-state index in [1.807, 2.05) is 0 Å². The second kappa shape index (κ2) is 51.0. The van der Waals surface area contributed by atoms with Gasteiger partial charge in [-0.05, 0) is 70.6 Å². The first-order valence-corrected chi connectivity index (χ1v) is 26.7. The second-order valence-corrected chi connectivity index (χ2v) is 17.8. The summed E-state index contributed by atoms with van der Waals surface area (Å²) < 4.78 is 16.7. The quantitative estimate of drug-likeness (QED) is 0.0199. The first kappa shape index (κ1) is 59.4. The van der Waals surface area contributed by atoms with E-state index in [0.717, 1.165) is 83.5 Å². The predicted octanol–water partition coefficient (Wildman–Crippen LogP) is 17.5. The summed E-state index contributed by atoms with van der Waals surface area (Å²) in [6, 6.07) is 0. The topological polar surface area (TPSA) is 78.9 Å². The van der Waals surface area contributed by atoms with Crippen molar-refractivity contribution in [3.8, 4) is 0 Å². The average molecular weight is 869 g/mol. The molecule has 0 saturated carbocycles. The molecular weight excluding hydrogens is 769 g/mol. The third-order valence-electron chi connectivity index (χ3n) is 11.6. The van der Waals surface area contributed by atoms with Gasteiger partial charge in [-0.3, -0.25) is 14.4 Å². The number of allylic oxidation sites excluding steroid dienone is 8. The maximum absolute atomic E-state index is 12.8. The van der Waals surface area contributed by atoms with Gasteiger partial charge in [0.15, 0.2) is 6.10 Å². The van der Waals surface area contributed by atoms with E-state index in [0.29, 0.717) is 19.3 Å². The molecule has 1 atom stereocenters. The molecule has 0 aliphatic rings. The SMILES string of the molecule is CC/C=C\C/C=C\CCCCC(=O)OCC(COC(=O)CCCCCCCCCCCCCCCCCCCCC)OC(=O)CCCCC/C=C\C=C/CCCCCCCCC. The van der Waals surface area contributed by atoms with Crippen LogP contribution in [-0.2, 0) is 28.6 Å². The zero-order chi connectivity index (χ0) is 45.1. The Morgan fingerprint density at radius 1 is 0.355 bits per heavy atom. The third kappa shape index (κ3) is 48.4. The number of esters is 3. The molecule has 0 bridgehead atoms. The molecule has 0 aromatic carbocycles. The molecule has 6 nitrogen and oxygen atoms in total. The van der Waals surface area contributed by atoms with Crippen LogP contribution >= 0.6 is 0 Å². The summed E-state index contributed by atoms with van der Waals surface area (Å²) in [5, 5.41) is 0. The summed E-state index contributed by atoms with van der Waals surface area (Å²) in [6.45, 7) is 6.48. The Hall–Kier alpha value is -2.63. The van der Waals surface area contributed by atoms with Crippen molar-refractivity contribution in [1.82, 2.24) is 0 Å². The van der Waals surface area contributed by atoms with Gasteiger partial charge < -0.3 is 14.2 Å². The molecule has 0 fully saturated rings. The summed E-state index contributed by atoms with van der Waals surface area (Å²) in [5.74, 6) is -0.948. The number of ether oxygens (including phenoxy) is 3. The highest BCUT2D eigenvalue weighted by Crippen LogP contribution is 2.16. The van der Waals surface area contributed by atoms with Crippen LogP contribution in [0.5, 0.6) is 0 Å². The highest BCUT2D eigenvalue weighted by Gasteiger charge is 2.19. The molecule has 6 heteroatoms. The fraction of sp³-hybridized carbons (Fsp3) is 0.804. The molecule has 0 aromatic heterocycles. The fourth-order valence-corrected chi connectivity index (χ4v) is 7.59. The molecule has 0 spiro atoms. The van der Waals surface area contributed by atoms with Crippen molar-refractivity contribution in [3.05, 3.63) is 48.6 Å². The van der Waals surface area contributed by atoms with E-state index in [4.69, 9.17) is 14.2 Å². The second-order valence-electron chi connectivity index (χ2n) is 17.8. The molecule has 0 aliphatic carbocycles. The van der Waals surface area contributed by atoms with Crippen LogP contribution in [0, 0.1) is 0 Å². The minimum Gasteiger partial charge on any atom is -0.462 e. The fourth-order valence-electron chi connectivity index (χ4n) is 7.59. The summed E-state index contributed by atoms with van der Waals surface area (Å²) in [6.07, 6.45) is 61.2. The van der Waals surface area contributed by atoms with Crippen LogP contribution in [0.4, 0.5) is 0 Å². The van der Waals surface area contributed by atoms with E-state index >= 15 is 0 Å². The van der Waals surface area contributed by atoms with Gasteiger partial charge in [0.2, 0.25) is 0 Å². The van der Waals surface area contributed by atoms with E-state index < -0.39 is 6.10 Å². The molecule has 0 saturated heterocycles. The molecule has 0 heterocycles. The van der Waals surface area contributed by atoms with Crippen molar-refractivity contribution in [1.29, 1.82) is 0 Å². The number of unbranched alkanes of at least 4 members (excludes halogenated alkanes) is 30. The third-order valence-corrected chi connectivity index (χ3v) is 11.6. The van der Waals surface area contributed by atoms with Crippen LogP contribution in [0.1, 0.15) is 271 Å². The van der Waals surface area contributed by atoms with Crippen LogP contribution in [0.15, 0.2) is 48.6 Å². The standard InChI is InChI=1S/C56H100O6/c1-4-7-10-13-16-19-21-23-25-27-28-29-31-32-34-37-40-43-46-49-55(58)61-52-53(51-60-54(57)48-45-42-39-36-18-15-12-9-6-3)62-56(59)50-47-44-41-38-35-33-30-26-24-22-20-17-14-11-8-5-2/h9,12,18,26,30,33,35-36,53H,4-8,10-11,13-17,19-25,27-29,31-32,34,37-52H2,1-3H3/b12-9-,30-26-,35-33-,36-18-. The monoisotopic (exact) mass is 869 g/mol. The maximum Gasteiger partial charge on any atom is 0.306 e. The van der Waals surface area contributed by atoms with E-state index in [1.54, 1.807) is 0 Å². The largest absolute Gasteiger partial charge is 0.462 e. The Morgan fingerprint density at radius 3 is 1.11 bits per heavy atom. The Kier molecular flexibility index (Phi) is 48.8. The number of carbonyl (C=O) groups excluding carboxylic acids is 3. The lowest BCUT2D eigenvalue weighted by Gasteiger charge is -2.18. The molecule has 0 rings (SSSR count). The minimum absolute atomic E-state index is 0.0917. The van der Waals surface area contributed by atoms with Gasteiger partial charge in [-0.25, -0.2) is 0 Å². The Morgan fingerprint density at radius 2 is 0.677 bits per heavy atom. The summed E-state index contributed by atoms with van der Waals surface area (Å²) in [5.41, 5.74) is 0. The average Bonchev–Trinajstić information content (AvgIpc) is 3.27. The summed E-state index contributed by atoms with van der Waals surface area (Å²) in [7, 11) is 0. The predicted molar refractivity (Wildman–Crippen MR) is 265 cm³/mol. The Bertz CT molecular complexity index is 1090. The lowest BCUT2D eigenvalue weighted by molar-refractivity contribution is -0.167. The molecule has 360 valence electrons. The van der Waals surface area contributed by atoms with Gasteiger partial charge in [0.1, 0.15) is 13.2 Å². The van der Waals surface area contributed by atoms with Crippen molar-refractivity contribution in [2.45, 2.75) is 277 Å². The van der Waals surface area contributed by atoms with Gasteiger partial charge in [-0.15, -0.1) is 0 Å². The molecule has 1 unspecified atom stereocenters. The van der Waals surface area contributed by atoms with Crippen molar-refractivity contribution < 1.29 is 28.6 Å². The van der Waals surface area contributed by atoms with Gasteiger partial charge in [0.05, 0.1) is 0 Å². The van der Waals surface area contributed by atoms with Crippen LogP contribution < -0.4 is 0 Å². The zero-order valence-electron chi connectivity index (χ0n) is 41.1. The van der Waals surface area contributed by atoms with Gasteiger partial charge in [-0.1, -0.05) is 230 Å². The molecule has 0 N–H and O–H groups in total. The number of rotatable bonds is 48. The van der Waals surface area contributed by atoms with Crippen molar-refractivity contribution in [2.75, 3.05) is 13.2 Å². The number of hydrogen-bond acceptors (Lipinski definition) is 6. The highest BCUT2D eigenvalue weighted by molar-refractivity contribution is 5.71. The Labute approximate surface area is 384 Å². The van der Waals surface area contributed by atoms with Crippen molar-refractivity contribution in [3.63, 3.8) is 0 Å². The van der Waals surface area contributed by atoms with Crippen molar-refractivity contribution >= 4 is 17.9 Å². The van der Waals surface area contributed by atoms with E-state index in [2.05, 4.69) is 69.4 Å². The lowest BCUT2D eigenvalue weighted by Crippen LogP contribution is -2.30. The first-order valence-electron chi connectivity index (χ1n) is 26.7. The molecule has 0 aromatic rings. The number of hydrogen-bond donors (Lipinski definition) is 0. The number of carbonyl (C=O) groups is 3. The van der Waals surface area contributed by atoms with E-state index in [-0.39, 0.29) is 31.1 Å². The van der Waals surface area contributed by atoms with Gasteiger partial charge in [0.25, 0.3) is 0 Å². The van der Waals surface area contributed by atoms with Crippen LogP contribution in [0.25, 0.3) is 0 Å². The maximum atomic E-state index is 12.8. The van der Waals surface area contributed by atoms with Gasteiger partial charge in [-0.2, -0.15) is 0 Å². The van der Waals surface area contributed by atoms with Crippen molar-refractivity contribution in [2.24, 2.45) is 0 Å². The van der Waals surface area contributed by atoms with E-state index in [9.17, 15) is 14.4 Å². The zero-order valence-corrected chi connectivity index (χ0v) is 41.1. The smallest absolute Gasteiger partial charge is 0.306 e. The highest BCUT2D eigenvalue weighted by atomic mass is 16.6. The first-order chi connectivity index (χ1) is 30.5. The molecule has 0 amide bonds. The molecular formula is C56H100O6. The van der Waals surface area contributed by atoms with Gasteiger partial charge >= 0.3 is 17.9 Å². The van der Waals surface area contributed by atoms with Crippen LogP contribution in [-0.4, -0.2) is 37.2 Å². The molecule has 62 heavy (non-hydrogen) atoms. The minimum atomic E-state index is -0.796. The van der Waals surface area contributed by atoms with Crippen LogP contribution in [0.2, 0.25) is 0 Å². The molecule has 0 radical (unpaired) electrons. The summed E-state index contributed by atoms with van der Waals surface area (Å²) in [4.78, 5) is 37.9. The van der Waals surface area contributed by atoms with E-state index in [1.165, 1.54) is 148 Å². The molecule has 0 aliphatic heterocycles. The van der Waals surface area contributed by atoms with Crippen LogP contribution in [0.3, 0.4) is 0 Å².